The van der Waals surface area contributed by atoms with Crippen molar-refractivity contribution in [2.45, 2.75) is 31.7 Å². The van der Waals surface area contributed by atoms with Gasteiger partial charge in [-0.05, 0) is 31.0 Å². The Balaban J connectivity index is 1.75. The van der Waals surface area contributed by atoms with Crippen LogP contribution in [0.1, 0.15) is 42.6 Å². The van der Waals surface area contributed by atoms with Gasteiger partial charge in [-0.25, -0.2) is 4.39 Å². The number of hydrogen-bond acceptors (Lipinski definition) is 4. The molecule has 1 atom stereocenters. The van der Waals surface area contributed by atoms with Crippen molar-refractivity contribution in [3.05, 3.63) is 46.3 Å². The number of nitrogens with one attached hydrogen (secondary N) is 1. The average molecular weight is 296 g/mol. The van der Waals surface area contributed by atoms with Crippen LogP contribution < -0.4 is 5.32 Å². The fraction of sp³-hybridized carbons (Fsp3) is 0.429. The maximum Gasteiger partial charge on any atom is 0.243 e. The van der Waals surface area contributed by atoms with E-state index in [1.54, 1.807) is 12.1 Å². The third kappa shape index (κ3) is 2.83. The Hall–Kier alpha value is -1.46. The van der Waals surface area contributed by atoms with Gasteiger partial charge in [0, 0.05) is 6.42 Å². The van der Waals surface area contributed by atoms with E-state index in [9.17, 15) is 4.39 Å². The van der Waals surface area contributed by atoms with E-state index in [0.717, 1.165) is 19.4 Å². The molecule has 1 aliphatic heterocycles. The largest absolute Gasteiger partial charge is 0.338 e. The highest BCUT2D eigenvalue weighted by atomic mass is 35.5. The second-order valence-electron chi connectivity index (χ2n) is 4.94. The molecule has 20 heavy (non-hydrogen) atoms. The van der Waals surface area contributed by atoms with Gasteiger partial charge in [-0.15, -0.1) is 0 Å². The minimum atomic E-state index is -0.420. The molecule has 1 aromatic carbocycles. The fourth-order valence-electron chi connectivity index (χ4n) is 2.40. The first-order chi connectivity index (χ1) is 9.74. The number of piperidine rings is 1. The minimum Gasteiger partial charge on any atom is -0.338 e. The summed E-state index contributed by atoms with van der Waals surface area (Å²) >= 11 is 5.76. The summed E-state index contributed by atoms with van der Waals surface area (Å²) in [5.41, 5.74) is 0.474. The zero-order valence-electron chi connectivity index (χ0n) is 10.9. The van der Waals surface area contributed by atoms with Crippen molar-refractivity contribution in [3.63, 3.8) is 0 Å². The number of nitrogens with zero attached hydrogens (tertiary/aromatic N) is 2. The van der Waals surface area contributed by atoms with E-state index in [1.807, 2.05) is 0 Å². The molecule has 1 saturated heterocycles. The molecule has 1 aromatic heterocycles. The molecular formula is C14H15ClFN3O. The standard InChI is InChI=1S/C14H15ClFN3O/c15-10-5-3-4-9(13(10)16)8-12-18-14(20-19-12)11-6-1-2-7-17-11/h3-5,11,17H,1-2,6-8H2. The highest BCUT2D eigenvalue weighted by molar-refractivity contribution is 6.30. The van der Waals surface area contributed by atoms with Crippen LogP contribution in [-0.2, 0) is 6.42 Å². The Morgan fingerprint density at radius 1 is 1.40 bits per heavy atom. The second-order valence-corrected chi connectivity index (χ2v) is 5.35. The fourth-order valence-corrected chi connectivity index (χ4v) is 2.59. The van der Waals surface area contributed by atoms with Crippen molar-refractivity contribution in [2.24, 2.45) is 0 Å². The topological polar surface area (TPSA) is 51.0 Å². The molecule has 0 amide bonds. The molecule has 4 nitrogen and oxygen atoms in total. The van der Waals surface area contributed by atoms with Crippen LogP contribution >= 0.6 is 11.6 Å². The van der Waals surface area contributed by atoms with Crippen molar-refractivity contribution in [1.82, 2.24) is 15.5 Å². The maximum absolute atomic E-state index is 13.8. The minimum absolute atomic E-state index is 0.111. The predicted molar refractivity (Wildman–Crippen MR) is 73.1 cm³/mol. The third-order valence-electron chi connectivity index (χ3n) is 3.47. The van der Waals surface area contributed by atoms with Gasteiger partial charge in [-0.3, -0.25) is 0 Å². The number of rotatable bonds is 3. The molecule has 1 aliphatic rings. The van der Waals surface area contributed by atoms with Crippen molar-refractivity contribution < 1.29 is 8.91 Å². The summed E-state index contributed by atoms with van der Waals surface area (Å²) in [6, 6.07) is 5.03. The molecule has 6 heteroatoms. The van der Waals surface area contributed by atoms with E-state index >= 15 is 0 Å². The quantitative estimate of drug-likeness (QED) is 0.944. The number of aromatic nitrogens is 2. The van der Waals surface area contributed by atoms with Crippen LogP contribution in [0.15, 0.2) is 22.7 Å². The van der Waals surface area contributed by atoms with E-state index in [0.29, 0.717) is 17.3 Å². The van der Waals surface area contributed by atoms with Gasteiger partial charge < -0.3 is 9.84 Å². The molecule has 2 heterocycles. The summed E-state index contributed by atoms with van der Waals surface area (Å²) in [6.45, 7) is 0.964. The molecule has 3 rings (SSSR count). The van der Waals surface area contributed by atoms with Crippen LogP contribution in [0.4, 0.5) is 4.39 Å². The number of hydrogen-bond donors (Lipinski definition) is 1. The Bertz CT molecular complexity index is 596. The SMILES string of the molecule is Fc1c(Cl)cccc1Cc1noc(C2CCCCN2)n1. The lowest BCUT2D eigenvalue weighted by molar-refractivity contribution is 0.296. The van der Waals surface area contributed by atoms with E-state index in [2.05, 4.69) is 15.5 Å². The molecule has 2 aromatic rings. The molecular weight excluding hydrogens is 281 g/mol. The van der Waals surface area contributed by atoms with Crippen LogP contribution in [0.3, 0.4) is 0 Å². The normalized spacial score (nSPS) is 19.2. The lowest BCUT2D eigenvalue weighted by Crippen LogP contribution is -2.27. The van der Waals surface area contributed by atoms with Crippen molar-refractivity contribution >= 4 is 11.6 Å². The maximum atomic E-state index is 13.8. The predicted octanol–water partition coefficient (Wildman–Crippen LogP) is 3.27. The summed E-state index contributed by atoms with van der Waals surface area (Å²) in [6.07, 6.45) is 3.60. The third-order valence-corrected chi connectivity index (χ3v) is 3.76. The molecule has 1 unspecified atom stereocenters. The van der Waals surface area contributed by atoms with Crippen molar-refractivity contribution in [1.29, 1.82) is 0 Å². The summed E-state index contributed by atoms with van der Waals surface area (Å²) < 4.78 is 19.1. The smallest absolute Gasteiger partial charge is 0.243 e. The van der Waals surface area contributed by atoms with Crippen LogP contribution in [0.25, 0.3) is 0 Å². The van der Waals surface area contributed by atoms with E-state index in [1.165, 1.54) is 12.5 Å². The molecule has 0 aliphatic carbocycles. The van der Waals surface area contributed by atoms with Gasteiger partial charge in [0.2, 0.25) is 5.89 Å². The lowest BCUT2D eigenvalue weighted by atomic mass is 10.1. The second kappa shape index (κ2) is 5.89. The van der Waals surface area contributed by atoms with Crippen LogP contribution in [0.5, 0.6) is 0 Å². The summed E-state index contributed by atoms with van der Waals surface area (Å²) in [4.78, 5) is 4.35. The Morgan fingerprint density at radius 3 is 3.10 bits per heavy atom. The first kappa shape index (κ1) is 13.5. The van der Waals surface area contributed by atoms with E-state index < -0.39 is 5.82 Å². The average Bonchev–Trinajstić information content (AvgIpc) is 2.93. The Kier molecular flexibility index (Phi) is 3.98. The van der Waals surface area contributed by atoms with Gasteiger partial charge >= 0.3 is 0 Å². The summed E-state index contributed by atoms with van der Waals surface area (Å²) in [5.74, 6) is 0.645. The van der Waals surface area contributed by atoms with Gasteiger partial charge in [0.05, 0.1) is 11.1 Å². The van der Waals surface area contributed by atoms with Gasteiger partial charge in [0.25, 0.3) is 0 Å². The van der Waals surface area contributed by atoms with Crippen molar-refractivity contribution in [3.8, 4) is 0 Å². The van der Waals surface area contributed by atoms with Gasteiger partial charge in [0.1, 0.15) is 5.82 Å². The van der Waals surface area contributed by atoms with Gasteiger partial charge in [-0.1, -0.05) is 35.3 Å². The van der Waals surface area contributed by atoms with Gasteiger partial charge in [-0.2, -0.15) is 4.98 Å². The highest BCUT2D eigenvalue weighted by Gasteiger charge is 2.21. The zero-order valence-corrected chi connectivity index (χ0v) is 11.7. The number of benzene rings is 1. The van der Waals surface area contributed by atoms with Crippen LogP contribution in [-0.4, -0.2) is 16.7 Å². The van der Waals surface area contributed by atoms with Crippen molar-refractivity contribution in [2.75, 3.05) is 6.54 Å². The molecule has 1 fully saturated rings. The van der Waals surface area contributed by atoms with Crippen LogP contribution in [0, 0.1) is 5.82 Å². The lowest BCUT2D eigenvalue weighted by Gasteiger charge is -2.19. The monoisotopic (exact) mass is 295 g/mol. The first-order valence-corrected chi connectivity index (χ1v) is 7.10. The van der Waals surface area contributed by atoms with Gasteiger partial charge in [0.15, 0.2) is 5.82 Å². The summed E-state index contributed by atoms with van der Waals surface area (Å²) in [5, 5.41) is 7.37. The zero-order chi connectivity index (χ0) is 13.9. The molecule has 0 bridgehead atoms. The molecule has 106 valence electrons. The highest BCUT2D eigenvalue weighted by Crippen LogP contribution is 2.23. The molecule has 0 spiro atoms. The first-order valence-electron chi connectivity index (χ1n) is 6.73. The molecule has 0 radical (unpaired) electrons. The Morgan fingerprint density at radius 2 is 2.30 bits per heavy atom. The van der Waals surface area contributed by atoms with Crippen LogP contribution in [0.2, 0.25) is 5.02 Å². The number of halogens is 2. The summed E-state index contributed by atoms with van der Waals surface area (Å²) in [7, 11) is 0. The molecule has 0 saturated carbocycles. The van der Waals surface area contributed by atoms with E-state index in [4.69, 9.17) is 16.1 Å². The Labute approximate surface area is 121 Å². The molecule has 1 N–H and O–H groups in total. The van der Waals surface area contributed by atoms with E-state index in [-0.39, 0.29) is 17.5 Å².